The Hall–Kier alpha value is -2.44. The van der Waals surface area contributed by atoms with E-state index in [2.05, 4.69) is 15.4 Å². The van der Waals surface area contributed by atoms with E-state index in [1.54, 1.807) is 12.1 Å². The molecule has 1 aliphatic carbocycles. The van der Waals surface area contributed by atoms with E-state index in [1.165, 1.54) is 6.07 Å². The lowest BCUT2D eigenvalue weighted by Gasteiger charge is -2.38. The van der Waals surface area contributed by atoms with Crippen molar-refractivity contribution in [3.63, 3.8) is 0 Å². The fourth-order valence-corrected chi connectivity index (χ4v) is 3.63. The Labute approximate surface area is 139 Å². The molecule has 2 aliphatic rings. The van der Waals surface area contributed by atoms with E-state index >= 15 is 0 Å². The molecule has 1 unspecified atom stereocenters. The number of hydrogen-bond acceptors (Lipinski definition) is 4. The number of piperazine rings is 1. The third-order valence-corrected chi connectivity index (χ3v) is 5.01. The van der Waals surface area contributed by atoms with Crippen molar-refractivity contribution in [1.82, 2.24) is 20.3 Å². The Balaban J connectivity index is 1.38. The van der Waals surface area contributed by atoms with Gasteiger partial charge in [0.15, 0.2) is 0 Å². The number of nitrogens with zero attached hydrogens (tertiary/aromatic N) is 4. The van der Waals surface area contributed by atoms with Gasteiger partial charge in [0, 0.05) is 38.5 Å². The molecule has 0 saturated carbocycles. The van der Waals surface area contributed by atoms with E-state index in [0.29, 0.717) is 38.3 Å². The van der Waals surface area contributed by atoms with Gasteiger partial charge >= 0.3 is 0 Å². The molecule has 1 amide bonds. The number of para-hydroxylation sites is 1. The van der Waals surface area contributed by atoms with Gasteiger partial charge in [-0.1, -0.05) is 12.1 Å². The molecule has 1 atom stereocenters. The molecule has 1 aromatic heterocycles. The molecule has 1 saturated heterocycles. The second-order valence-corrected chi connectivity index (χ2v) is 6.42. The van der Waals surface area contributed by atoms with Gasteiger partial charge < -0.3 is 9.80 Å². The molecule has 6 nitrogen and oxygen atoms in total. The van der Waals surface area contributed by atoms with Crippen LogP contribution in [0, 0.1) is 11.7 Å². The van der Waals surface area contributed by atoms with E-state index in [0.717, 1.165) is 24.2 Å². The zero-order valence-electron chi connectivity index (χ0n) is 13.4. The van der Waals surface area contributed by atoms with E-state index < -0.39 is 0 Å². The number of carbonyl (C=O) groups excluding carboxylic acids is 1. The topological polar surface area (TPSA) is 65.1 Å². The minimum absolute atomic E-state index is 0.0115. The summed E-state index contributed by atoms with van der Waals surface area (Å²) < 4.78 is 13.9. The van der Waals surface area contributed by atoms with Crippen LogP contribution in [0.3, 0.4) is 0 Å². The molecule has 1 N–H and O–H groups in total. The lowest BCUT2D eigenvalue weighted by atomic mass is 9.88. The first-order chi connectivity index (χ1) is 11.7. The molecule has 1 aliphatic heterocycles. The summed E-state index contributed by atoms with van der Waals surface area (Å²) in [6.45, 7) is 2.59. The molecular formula is C17H20FN5O. The molecule has 2 heterocycles. The summed E-state index contributed by atoms with van der Waals surface area (Å²) >= 11 is 0. The predicted molar refractivity (Wildman–Crippen MR) is 87.1 cm³/mol. The highest BCUT2D eigenvalue weighted by molar-refractivity contribution is 5.79. The lowest BCUT2D eigenvalue weighted by molar-refractivity contribution is -0.136. The average Bonchev–Trinajstić information content (AvgIpc) is 3.09. The van der Waals surface area contributed by atoms with Crippen molar-refractivity contribution in [2.45, 2.75) is 19.3 Å². The minimum Gasteiger partial charge on any atom is -0.366 e. The number of aromatic amines is 1. The molecule has 0 spiro atoms. The Kier molecular flexibility index (Phi) is 3.92. The second-order valence-electron chi connectivity index (χ2n) is 6.42. The third kappa shape index (κ3) is 2.74. The number of amides is 1. The number of anilines is 1. The first-order valence-corrected chi connectivity index (χ1v) is 8.39. The van der Waals surface area contributed by atoms with Crippen molar-refractivity contribution in [3.05, 3.63) is 41.5 Å². The number of fused-ring (bicyclic) bond motifs is 1. The molecule has 1 fully saturated rings. The van der Waals surface area contributed by atoms with Gasteiger partial charge in [-0.25, -0.2) is 4.39 Å². The van der Waals surface area contributed by atoms with E-state index in [-0.39, 0.29) is 17.6 Å². The maximum Gasteiger partial charge on any atom is 0.226 e. The number of H-pyrrole nitrogens is 1. The van der Waals surface area contributed by atoms with Crippen molar-refractivity contribution >= 4 is 11.6 Å². The van der Waals surface area contributed by atoms with Crippen LogP contribution in [0.1, 0.15) is 17.8 Å². The Morgan fingerprint density at radius 1 is 1.12 bits per heavy atom. The van der Waals surface area contributed by atoms with Gasteiger partial charge in [0.05, 0.1) is 17.1 Å². The molecule has 24 heavy (non-hydrogen) atoms. The van der Waals surface area contributed by atoms with Crippen LogP contribution in [0.5, 0.6) is 0 Å². The second kappa shape index (κ2) is 6.22. The molecule has 4 rings (SSSR count). The SMILES string of the molecule is O=C(C1CCc2n[nH]nc2C1)N1CCN(c2ccccc2F)CC1. The van der Waals surface area contributed by atoms with Crippen molar-refractivity contribution in [2.75, 3.05) is 31.1 Å². The highest BCUT2D eigenvalue weighted by Crippen LogP contribution is 2.25. The van der Waals surface area contributed by atoms with Crippen molar-refractivity contribution < 1.29 is 9.18 Å². The Morgan fingerprint density at radius 3 is 2.67 bits per heavy atom. The smallest absolute Gasteiger partial charge is 0.226 e. The van der Waals surface area contributed by atoms with Gasteiger partial charge in [0.1, 0.15) is 5.82 Å². The Bertz CT molecular complexity index is 738. The number of halogens is 1. The molecule has 0 radical (unpaired) electrons. The van der Waals surface area contributed by atoms with E-state index in [4.69, 9.17) is 0 Å². The first kappa shape index (κ1) is 15.1. The van der Waals surface area contributed by atoms with Gasteiger partial charge in [-0.3, -0.25) is 4.79 Å². The van der Waals surface area contributed by atoms with Crippen LogP contribution in [-0.4, -0.2) is 52.4 Å². The third-order valence-electron chi connectivity index (χ3n) is 5.01. The largest absolute Gasteiger partial charge is 0.366 e. The van der Waals surface area contributed by atoms with Crippen LogP contribution >= 0.6 is 0 Å². The van der Waals surface area contributed by atoms with E-state index in [1.807, 2.05) is 15.9 Å². The first-order valence-electron chi connectivity index (χ1n) is 8.39. The van der Waals surface area contributed by atoms with E-state index in [9.17, 15) is 9.18 Å². The summed E-state index contributed by atoms with van der Waals surface area (Å²) in [5.41, 5.74) is 2.53. The van der Waals surface area contributed by atoms with Crippen LogP contribution in [0.25, 0.3) is 0 Å². The van der Waals surface area contributed by atoms with Gasteiger partial charge in [0.2, 0.25) is 5.91 Å². The van der Waals surface area contributed by atoms with Crippen LogP contribution in [-0.2, 0) is 17.6 Å². The predicted octanol–water partition coefficient (Wildman–Crippen LogP) is 1.40. The minimum atomic E-state index is -0.205. The lowest BCUT2D eigenvalue weighted by Crippen LogP contribution is -2.51. The maximum absolute atomic E-state index is 13.9. The number of hydrogen-bond donors (Lipinski definition) is 1. The summed E-state index contributed by atoms with van der Waals surface area (Å²) in [5, 5.41) is 10.9. The van der Waals surface area contributed by atoms with Gasteiger partial charge in [-0.05, 0) is 25.0 Å². The normalized spacial score (nSPS) is 20.8. The molecule has 126 valence electrons. The zero-order chi connectivity index (χ0) is 16.5. The average molecular weight is 329 g/mol. The highest BCUT2D eigenvalue weighted by Gasteiger charge is 2.32. The fourth-order valence-electron chi connectivity index (χ4n) is 3.63. The Morgan fingerprint density at radius 2 is 1.88 bits per heavy atom. The van der Waals surface area contributed by atoms with Crippen LogP contribution in [0.4, 0.5) is 10.1 Å². The molecular weight excluding hydrogens is 309 g/mol. The molecule has 2 aromatic rings. The summed E-state index contributed by atoms with van der Waals surface area (Å²) in [5.74, 6) is -0.0254. The number of aromatic nitrogens is 3. The van der Waals surface area contributed by atoms with Crippen molar-refractivity contribution in [1.29, 1.82) is 0 Å². The number of carbonyl (C=O) groups is 1. The molecule has 1 aromatic carbocycles. The van der Waals surface area contributed by atoms with Gasteiger partial charge in [0.25, 0.3) is 0 Å². The quantitative estimate of drug-likeness (QED) is 0.904. The van der Waals surface area contributed by atoms with Crippen LogP contribution in [0.2, 0.25) is 0 Å². The summed E-state index contributed by atoms with van der Waals surface area (Å²) in [7, 11) is 0. The molecule has 7 heteroatoms. The summed E-state index contributed by atoms with van der Waals surface area (Å²) in [4.78, 5) is 16.7. The zero-order valence-corrected chi connectivity index (χ0v) is 13.4. The molecule has 0 bridgehead atoms. The summed E-state index contributed by atoms with van der Waals surface area (Å²) in [6, 6.07) is 6.80. The standard InChI is InChI=1S/C17H20FN5O/c18-13-3-1-2-4-16(13)22-7-9-23(10-8-22)17(24)12-5-6-14-15(11-12)20-21-19-14/h1-4,12H,5-11H2,(H,19,20,21). The van der Waals surface area contributed by atoms with Crippen LogP contribution < -0.4 is 4.90 Å². The van der Waals surface area contributed by atoms with Crippen molar-refractivity contribution in [2.24, 2.45) is 5.92 Å². The van der Waals surface area contributed by atoms with Gasteiger partial charge in [-0.2, -0.15) is 15.4 Å². The number of benzene rings is 1. The van der Waals surface area contributed by atoms with Crippen LogP contribution in [0.15, 0.2) is 24.3 Å². The number of aryl methyl sites for hydroxylation is 1. The number of nitrogens with one attached hydrogen (secondary N) is 1. The monoisotopic (exact) mass is 329 g/mol. The maximum atomic E-state index is 13.9. The number of rotatable bonds is 2. The summed E-state index contributed by atoms with van der Waals surface area (Å²) in [6.07, 6.45) is 2.29. The highest BCUT2D eigenvalue weighted by atomic mass is 19.1. The fraction of sp³-hybridized carbons (Fsp3) is 0.471. The van der Waals surface area contributed by atoms with Crippen molar-refractivity contribution in [3.8, 4) is 0 Å². The van der Waals surface area contributed by atoms with Gasteiger partial charge in [-0.15, -0.1) is 0 Å².